The van der Waals surface area contributed by atoms with Gasteiger partial charge in [0.15, 0.2) is 5.82 Å². The highest BCUT2D eigenvalue weighted by molar-refractivity contribution is 5.42. The van der Waals surface area contributed by atoms with Gasteiger partial charge in [0.1, 0.15) is 0 Å². The molecule has 0 bridgehead atoms. The molecule has 94 valence electrons. The van der Waals surface area contributed by atoms with Crippen LogP contribution in [0.2, 0.25) is 0 Å². The smallest absolute Gasteiger partial charge is 0.164 e. The van der Waals surface area contributed by atoms with E-state index in [1.807, 2.05) is 0 Å². The lowest BCUT2D eigenvalue weighted by atomic mass is 9.95. The topological polar surface area (TPSA) is 28.2 Å². The number of piperidine rings is 1. The molecule has 1 aliphatic rings. The lowest BCUT2D eigenvalue weighted by Crippen LogP contribution is -2.32. The Kier molecular flexibility index (Phi) is 4.31. The van der Waals surface area contributed by atoms with E-state index in [-0.39, 0.29) is 5.82 Å². The third-order valence-electron chi connectivity index (χ3n) is 3.36. The Morgan fingerprint density at radius 1 is 1.59 bits per heavy atom. The van der Waals surface area contributed by atoms with Gasteiger partial charge in [-0.25, -0.2) is 4.39 Å². The second kappa shape index (κ2) is 5.96. The van der Waals surface area contributed by atoms with E-state index in [2.05, 4.69) is 22.2 Å². The monoisotopic (exact) mass is 237 g/mol. The van der Waals surface area contributed by atoms with E-state index in [1.165, 1.54) is 32.1 Å². The van der Waals surface area contributed by atoms with Crippen molar-refractivity contribution >= 4 is 5.69 Å². The molecular weight excluding hydrogens is 217 g/mol. The largest absolute Gasteiger partial charge is 0.383 e. The van der Waals surface area contributed by atoms with Crippen LogP contribution in [0.15, 0.2) is 18.5 Å². The fourth-order valence-corrected chi connectivity index (χ4v) is 2.44. The summed E-state index contributed by atoms with van der Waals surface area (Å²) >= 11 is 0. The molecule has 0 spiro atoms. The van der Waals surface area contributed by atoms with Crippen LogP contribution in [0.5, 0.6) is 0 Å². The van der Waals surface area contributed by atoms with Gasteiger partial charge in [-0.3, -0.25) is 4.98 Å². The van der Waals surface area contributed by atoms with E-state index in [1.54, 1.807) is 12.3 Å². The molecule has 1 aromatic rings. The lowest BCUT2D eigenvalue weighted by Gasteiger charge is -2.29. The normalized spacial score (nSPS) is 21.4. The van der Waals surface area contributed by atoms with Crippen LogP contribution >= 0.6 is 0 Å². The van der Waals surface area contributed by atoms with Crippen LogP contribution in [0.1, 0.15) is 19.3 Å². The van der Waals surface area contributed by atoms with Gasteiger partial charge in [-0.1, -0.05) is 0 Å². The number of likely N-dealkylation sites (tertiary alicyclic amines) is 1. The minimum atomic E-state index is -0.270. The zero-order valence-electron chi connectivity index (χ0n) is 10.3. The fraction of sp³-hybridized carbons (Fsp3) is 0.615. The standard InChI is InChI=1S/C13H20FN3/c1-17-8-2-3-11(10-17)4-7-16-13-5-6-15-9-12(13)14/h5-6,9,11H,2-4,7-8,10H2,1H3,(H,15,16)/t11-/m0/s1. The van der Waals surface area contributed by atoms with E-state index in [0.29, 0.717) is 5.69 Å². The Labute approximate surface area is 102 Å². The summed E-state index contributed by atoms with van der Waals surface area (Å²) in [5.41, 5.74) is 0.559. The third-order valence-corrected chi connectivity index (χ3v) is 3.36. The first-order chi connectivity index (χ1) is 8.25. The molecule has 1 atom stereocenters. The number of rotatable bonds is 4. The molecular formula is C13H20FN3. The van der Waals surface area contributed by atoms with Crippen LogP contribution in [0.25, 0.3) is 0 Å². The van der Waals surface area contributed by atoms with E-state index >= 15 is 0 Å². The molecule has 0 aromatic carbocycles. The van der Waals surface area contributed by atoms with Crippen molar-refractivity contribution < 1.29 is 4.39 Å². The maximum absolute atomic E-state index is 13.3. The minimum absolute atomic E-state index is 0.270. The molecule has 0 radical (unpaired) electrons. The Morgan fingerprint density at radius 3 is 3.24 bits per heavy atom. The average Bonchev–Trinajstić information content (AvgIpc) is 2.32. The van der Waals surface area contributed by atoms with Crippen LogP contribution in [0.4, 0.5) is 10.1 Å². The van der Waals surface area contributed by atoms with E-state index in [0.717, 1.165) is 18.9 Å². The predicted octanol–water partition coefficient (Wildman–Crippen LogP) is 2.36. The summed E-state index contributed by atoms with van der Waals surface area (Å²) in [6, 6.07) is 1.68. The second-order valence-corrected chi connectivity index (χ2v) is 4.84. The van der Waals surface area contributed by atoms with Gasteiger partial charge in [0.05, 0.1) is 11.9 Å². The molecule has 1 saturated heterocycles. The van der Waals surface area contributed by atoms with Crippen molar-refractivity contribution in [3.8, 4) is 0 Å². The number of nitrogens with zero attached hydrogens (tertiary/aromatic N) is 2. The van der Waals surface area contributed by atoms with Crippen molar-refractivity contribution in [2.45, 2.75) is 19.3 Å². The van der Waals surface area contributed by atoms with E-state index in [4.69, 9.17) is 0 Å². The van der Waals surface area contributed by atoms with Crippen LogP contribution in [0, 0.1) is 11.7 Å². The number of hydrogen-bond acceptors (Lipinski definition) is 3. The second-order valence-electron chi connectivity index (χ2n) is 4.84. The van der Waals surface area contributed by atoms with Crippen molar-refractivity contribution in [2.24, 2.45) is 5.92 Å². The number of halogens is 1. The van der Waals surface area contributed by atoms with Crippen LogP contribution in [-0.2, 0) is 0 Å². The van der Waals surface area contributed by atoms with E-state index < -0.39 is 0 Å². The first kappa shape index (κ1) is 12.3. The molecule has 0 saturated carbocycles. The number of nitrogens with one attached hydrogen (secondary N) is 1. The SMILES string of the molecule is CN1CCC[C@@H](CCNc2ccncc2F)C1. The predicted molar refractivity (Wildman–Crippen MR) is 67.5 cm³/mol. The number of aromatic nitrogens is 1. The first-order valence-corrected chi connectivity index (χ1v) is 6.27. The summed E-state index contributed by atoms with van der Waals surface area (Å²) in [5, 5.41) is 3.14. The highest BCUT2D eigenvalue weighted by Crippen LogP contribution is 2.19. The average molecular weight is 237 g/mol. The van der Waals surface area contributed by atoms with Crippen molar-refractivity contribution in [1.82, 2.24) is 9.88 Å². The van der Waals surface area contributed by atoms with Gasteiger partial charge in [-0.15, -0.1) is 0 Å². The van der Waals surface area contributed by atoms with Crippen LogP contribution in [-0.4, -0.2) is 36.6 Å². The summed E-state index contributed by atoms with van der Waals surface area (Å²) < 4.78 is 13.3. The molecule has 1 N–H and O–H groups in total. The van der Waals surface area contributed by atoms with Crippen molar-refractivity contribution in [2.75, 3.05) is 32.0 Å². The number of anilines is 1. The van der Waals surface area contributed by atoms with Gasteiger partial charge in [0, 0.05) is 19.3 Å². The number of hydrogen-bond donors (Lipinski definition) is 1. The maximum atomic E-state index is 13.3. The summed E-state index contributed by atoms with van der Waals surface area (Å²) in [4.78, 5) is 6.11. The zero-order valence-corrected chi connectivity index (χ0v) is 10.3. The molecule has 0 aliphatic carbocycles. The highest BCUT2D eigenvalue weighted by atomic mass is 19.1. The Bertz CT molecular complexity index is 356. The molecule has 1 aliphatic heterocycles. The lowest BCUT2D eigenvalue weighted by molar-refractivity contribution is 0.205. The molecule has 0 amide bonds. The number of pyridine rings is 1. The molecule has 1 fully saturated rings. The molecule has 3 nitrogen and oxygen atoms in total. The van der Waals surface area contributed by atoms with Gasteiger partial charge < -0.3 is 10.2 Å². The summed E-state index contributed by atoms with van der Waals surface area (Å²) in [6.07, 6.45) is 6.54. The summed E-state index contributed by atoms with van der Waals surface area (Å²) in [7, 11) is 2.17. The molecule has 2 heterocycles. The van der Waals surface area contributed by atoms with Gasteiger partial charge in [-0.2, -0.15) is 0 Å². The Morgan fingerprint density at radius 2 is 2.47 bits per heavy atom. The van der Waals surface area contributed by atoms with Gasteiger partial charge >= 0.3 is 0 Å². The molecule has 2 rings (SSSR count). The highest BCUT2D eigenvalue weighted by Gasteiger charge is 2.16. The van der Waals surface area contributed by atoms with Crippen LogP contribution < -0.4 is 5.32 Å². The third kappa shape index (κ3) is 3.66. The van der Waals surface area contributed by atoms with Crippen LogP contribution in [0.3, 0.4) is 0 Å². The maximum Gasteiger partial charge on any atom is 0.164 e. The van der Waals surface area contributed by atoms with Gasteiger partial charge in [0.25, 0.3) is 0 Å². The Hall–Kier alpha value is -1.16. The summed E-state index contributed by atoms with van der Waals surface area (Å²) in [6.45, 7) is 3.21. The minimum Gasteiger partial charge on any atom is -0.383 e. The van der Waals surface area contributed by atoms with Gasteiger partial charge in [0.2, 0.25) is 0 Å². The van der Waals surface area contributed by atoms with Gasteiger partial charge in [-0.05, 0) is 44.8 Å². The quantitative estimate of drug-likeness (QED) is 0.871. The molecule has 17 heavy (non-hydrogen) atoms. The van der Waals surface area contributed by atoms with Crippen molar-refractivity contribution in [3.63, 3.8) is 0 Å². The summed E-state index contributed by atoms with van der Waals surface area (Å²) in [5.74, 6) is 0.472. The van der Waals surface area contributed by atoms with Crippen molar-refractivity contribution in [3.05, 3.63) is 24.3 Å². The molecule has 4 heteroatoms. The fourth-order valence-electron chi connectivity index (χ4n) is 2.44. The molecule has 1 aromatic heterocycles. The molecule has 0 unspecified atom stereocenters. The first-order valence-electron chi connectivity index (χ1n) is 6.27. The Balaban J connectivity index is 1.74. The zero-order chi connectivity index (χ0) is 12.1. The van der Waals surface area contributed by atoms with E-state index in [9.17, 15) is 4.39 Å². The van der Waals surface area contributed by atoms with Crippen molar-refractivity contribution in [1.29, 1.82) is 0 Å².